The molecular formula is C23H22O3. The Labute approximate surface area is 154 Å². The molecule has 3 nitrogen and oxygen atoms in total. The number of esters is 1. The van der Waals surface area contributed by atoms with Crippen LogP contribution in [0.2, 0.25) is 0 Å². The third-order valence-corrected chi connectivity index (χ3v) is 4.10. The van der Waals surface area contributed by atoms with E-state index in [4.69, 9.17) is 9.47 Å². The maximum Gasteiger partial charge on any atom is 0.347 e. The third-order valence-electron chi connectivity index (χ3n) is 4.10. The summed E-state index contributed by atoms with van der Waals surface area (Å²) >= 11 is 0. The topological polar surface area (TPSA) is 35.5 Å². The van der Waals surface area contributed by atoms with Crippen LogP contribution in [0.4, 0.5) is 0 Å². The van der Waals surface area contributed by atoms with Gasteiger partial charge in [-0.3, -0.25) is 0 Å². The van der Waals surface area contributed by atoms with Gasteiger partial charge in [0.2, 0.25) is 0 Å². The average molecular weight is 346 g/mol. The molecule has 3 heteroatoms. The predicted molar refractivity (Wildman–Crippen MR) is 103 cm³/mol. The minimum atomic E-state index is -0.610. The van der Waals surface area contributed by atoms with Crippen LogP contribution in [0.25, 0.3) is 11.1 Å². The van der Waals surface area contributed by atoms with Gasteiger partial charge in [0.05, 0.1) is 0 Å². The van der Waals surface area contributed by atoms with E-state index in [9.17, 15) is 4.79 Å². The molecule has 0 aliphatic rings. The molecule has 0 saturated heterocycles. The van der Waals surface area contributed by atoms with Gasteiger partial charge in [-0.25, -0.2) is 4.79 Å². The molecule has 3 aromatic rings. The van der Waals surface area contributed by atoms with Crippen molar-refractivity contribution in [1.82, 2.24) is 0 Å². The fourth-order valence-electron chi connectivity index (χ4n) is 2.64. The Bertz CT molecular complexity index is 811. The normalized spacial score (nSPS) is 11.6. The molecule has 26 heavy (non-hydrogen) atoms. The van der Waals surface area contributed by atoms with E-state index in [-0.39, 0.29) is 12.6 Å². The summed E-state index contributed by atoms with van der Waals surface area (Å²) in [4.78, 5) is 12.3. The van der Waals surface area contributed by atoms with E-state index in [0.717, 1.165) is 16.7 Å². The van der Waals surface area contributed by atoms with E-state index in [2.05, 4.69) is 12.1 Å². The zero-order valence-electron chi connectivity index (χ0n) is 14.8. The first-order valence-electron chi connectivity index (χ1n) is 8.79. The Kier molecular flexibility index (Phi) is 6.05. The summed E-state index contributed by atoms with van der Waals surface area (Å²) in [6.45, 7) is 2.17. The highest BCUT2D eigenvalue weighted by atomic mass is 16.6. The van der Waals surface area contributed by atoms with Gasteiger partial charge in [0, 0.05) is 0 Å². The molecule has 0 N–H and O–H groups in total. The van der Waals surface area contributed by atoms with Crippen molar-refractivity contribution in [3.8, 4) is 16.9 Å². The van der Waals surface area contributed by atoms with Crippen molar-refractivity contribution in [1.29, 1.82) is 0 Å². The molecule has 0 saturated carbocycles. The molecule has 0 aliphatic carbocycles. The van der Waals surface area contributed by atoms with Crippen LogP contribution in [0, 0.1) is 0 Å². The van der Waals surface area contributed by atoms with E-state index < -0.39 is 6.10 Å². The highest BCUT2D eigenvalue weighted by Gasteiger charge is 2.20. The van der Waals surface area contributed by atoms with Crippen molar-refractivity contribution in [2.24, 2.45) is 0 Å². The molecule has 0 heterocycles. The van der Waals surface area contributed by atoms with Crippen LogP contribution < -0.4 is 4.74 Å². The molecule has 0 amide bonds. The third kappa shape index (κ3) is 4.73. The van der Waals surface area contributed by atoms with Crippen molar-refractivity contribution in [3.63, 3.8) is 0 Å². The number of rotatable bonds is 7. The van der Waals surface area contributed by atoms with Crippen LogP contribution in [0.5, 0.6) is 5.75 Å². The summed E-state index contributed by atoms with van der Waals surface area (Å²) in [6, 6.07) is 27.5. The number of carbonyl (C=O) groups excluding carboxylic acids is 1. The lowest BCUT2D eigenvalue weighted by atomic mass is 10.1. The van der Waals surface area contributed by atoms with E-state index in [1.54, 1.807) is 0 Å². The fourth-order valence-corrected chi connectivity index (χ4v) is 2.64. The van der Waals surface area contributed by atoms with Gasteiger partial charge in [0.1, 0.15) is 12.4 Å². The maximum absolute atomic E-state index is 12.3. The lowest BCUT2D eigenvalue weighted by molar-refractivity contribution is -0.153. The summed E-state index contributed by atoms with van der Waals surface area (Å²) in [6.07, 6.45) is -0.0603. The standard InChI is InChI=1S/C23H22O3/c1-2-22(23(24)25-17-18-9-5-3-6-10-18)26-21-15-13-20(14-16-21)19-11-7-4-8-12-19/h3-16,22H,2,17H2,1H3. The molecule has 0 aliphatic heterocycles. The molecule has 1 unspecified atom stereocenters. The van der Waals surface area contributed by atoms with Crippen LogP contribution in [0.3, 0.4) is 0 Å². The first-order chi connectivity index (χ1) is 12.8. The van der Waals surface area contributed by atoms with Gasteiger partial charge in [-0.05, 0) is 35.2 Å². The van der Waals surface area contributed by atoms with Crippen LogP contribution in [0.1, 0.15) is 18.9 Å². The molecule has 3 aromatic carbocycles. The maximum atomic E-state index is 12.3. The fraction of sp³-hybridized carbons (Fsp3) is 0.174. The lowest BCUT2D eigenvalue weighted by Crippen LogP contribution is -2.28. The zero-order valence-corrected chi connectivity index (χ0v) is 14.8. The number of hydrogen-bond acceptors (Lipinski definition) is 3. The second kappa shape index (κ2) is 8.86. The zero-order chi connectivity index (χ0) is 18.2. The number of benzene rings is 3. The van der Waals surface area contributed by atoms with Crippen molar-refractivity contribution in [3.05, 3.63) is 90.5 Å². The summed E-state index contributed by atoms with van der Waals surface area (Å²) < 4.78 is 11.2. The minimum Gasteiger partial charge on any atom is -0.479 e. The second-order valence-corrected chi connectivity index (χ2v) is 6.00. The van der Waals surface area contributed by atoms with Crippen molar-refractivity contribution < 1.29 is 14.3 Å². The van der Waals surface area contributed by atoms with Gasteiger partial charge in [-0.2, -0.15) is 0 Å². The molecule has 0 fully saturated rings. The first kappa shape index (κ1) is 17.7. The highest BCUT2D eigenvalue weighted by molar-refractivity contribution is 5.75. The van der Waals surface area contributed by atoms with Crippen molar-refractivity contribution in [2.75, 3.05) is 0 Å². The molecular weight excluding hydrogens is 324 g/mol. The molecule has 0 bridgehead atoms. The quantitative estimate of drug-likeness (QED) is 0.548. The van der Waals surface area contributed by atoms with Crippen LogP contribution in [-0.2, 0) is 16.1 Å². The van der Waals surface area contributed by atoms with Crippen LogP contribution in [-0.4, -0.2) is 12.1 Å². The summed E-state index contributed by atoms with van der Waals surface area (Å²) in [5.41, 5.74) is 3.22. The molecule has 132 valence electrons. The highest BCUT2D eigenvalue weighted by Crippen LogP contribution is 2.23. The summed E-state index contributed by atoms with van der Waals surface area (Å²) in [7, 11) is 0. The minimum absolute atomic E-state index is 0.256. The van der Waals surface area contributed by atoms with Gasteiger partial charge in [0.15, 0.2) is 6.10 Å². The predicted octanol–water partition coefficient (Wildman–Crippen LogP) is 5.25. The number of ether oxygens (including phenoxy) is 2. The SMILES string of the molecule is CCC(Oc1ccc(-c2ccccc2)cc1)C(=O)OCc1ccccc1. The molecule has 1 atom stereocenters. The van der Waals surface area contributed by atoms with E-state index in [1.165, 1.54) is 0 Å². The van der Waals surface area contributed by atoms with Gasteiger partial charge in [-0.1, -0.05) is 79.7 Å². The van der Waals surface area contributed by atoms with Crippen LogP contribution in [0.15, 0.2) is 84.9 Å². The molecule has 0 spiro atoms. The molecule has 0 radical (unpaired) electrons. The second-order valence-electron chi connectivity index (χ2n) is 6.00. The summed E-state index contributed by atoms with van der Waals surface area (Å²) in [5, 5.41) is 0. The van der Waals surface area contributed by atoms with E-state index in [1.807, 2.05) is 79.7 Å². The van der Waals surface area contributed by atoms with Crippen molar-refractivity contribution in [2.45, 2.75) is 26.1 Å². The Morgan fingerprint density at radius 1 is 0.808 bits per heavy atom. The molecule has 0 aromatic heterocycles. The number of carbonyl (C=O) groups is 1. The van der Waals surface area contributed by atoms with Gasteiger partial charge in [-0.15, -0.1) is 0 Å². The summed E-state index contributed by atoms with van der Waals surface area (Å²) in [5.74, 6) is 0.316. The average Bonchev–Trinajstić information content (AvgIpc) is 2.72. The van der Waals surface area contributed by atoms with Gasteiger partial charge >= 0.3 is 5.97 Å². The Morgan fingerprint density at radius 2 is 1.38 bits per heavy atom. The largest absolute Gasteiger partial charge is 0.479 e. The van der Waals surface area contributed by atoms with Crippen LogP contribution >= 0.6 is 0 Å². The van der Waals surface area contributed by atoms with Gasteiger partial charge in [0.25, 0.3) is 0 Å². The Balaban J connectivity index is 1.59. The monoisotopic (exact) mass is 346 g/mol. The smallest absolute Gasteiger partial charge is 0.347 e. The number of hydrogen-bond donors (Lipinski definition) is 0. The first-order valence-corrected chi connectivity index (χ1v) is 8.79. The van der Waals surface area contributed by atoms with E-state index in [0.29, 0.717) is 12.2 Å². The molecule has 3 rings (SSSR count). The Hall–Kier alpha value is -3.07. The van der Waals surface area contributed by atoms with Crippen molar-refractivity contribution >= 4 is 5.97 Å². The van der Waals surface area contributed by atoms with Gasteiger partial charge < -0.3 is 9.47 Å². The Morgan fingerprint density at radius 3 is 2.00 bits per heavy atom. The van der Waals surface area contributed by atoms with E-state index >= 15 is 0 Å². The lowest BCUT2D eigenvalue weighted by Gasteiger charge is -2.17.